The van der Waals surface area contributed by atoms with Crippen molar-refractivity contribution in [2.24, 2.45) is 0 Å². The highest BCUT2D eigenvalue weighted by atomic mass is 35.5. The molecule has 0 atom stereocenters. The molecule has 0 spiro atoms. The zero-order valence-electron chi connectivity index (χ0n) is 6.50. The summed E-state index contributed by atoms with van der Waals surface area (Å²) in [5, 5.41) is 0.223. The molecule has 4 heteroatoms. The van der Waals surface area contributed by atoms with E-state index in [1.54, 1.807) is 24.3 Å². The minimum Gasteiger partial charge on any atom is -0.241 e. The van der Waals surface area contributed by atoms with Crippen molar-refractivity contribution in [1.82, 2.24) is 4.98 Å². The van der Waals surface area contributed by atoms with Gasteiger partial charge >= 0.3 is 0 Å². The van der Waals surface area contributed by atoms with E-state index in [0.717, 1.165) is 11.3 Å². The van der Waals surface area contributed by atoms with Gasteiger partial charge in [0.2, 0.25) is 5.13 Å². The summed E-state index contributed by atoms with van der Waals surface area (Å²) in [5.74, 6) is 0. The largest absolute Gasteiger partial charge is 0.241 e. The van der Waals surface area contributed by atoms with Gasteiger partial charge in [-0.25, -0.2) is 4.98 Å². The zero-order chi connectivity index (χ0) is 9.26. The van der Waals surface area contributed by atoms with Crippen molar-refractivity contribution in [2.45, 2.75) is 0 Å². The average molecular weight is 214 g/mol. The van der Waals surface area contributed by atoms with Crippen molar-refractivity contribution in [3.8, 4) is 11.3 Å². The molecule has 2 rings (SSSR count). The van der Waals surface area contributed by atoms with Gasteiger partial charge in [-0.1, -0.05) is 41.1 Å². The van der Waals surface area contributed by atoms with Gasteiger partial charge in [0.25, 0.3) is 0 Å². The van der Waals surface area contributed by atoms with Gasteiger partial charge in [-0.2, -0.15) is 4.39 Å². The Morgan fingerprint density at radius 1 is 1.31 bits per heavy atom. The first-order chi connectivity index (χ1) is 6.29. The van der Waals surface area contributed by atoms with E-state index >= 15 is 0 Å². The van der Waals surface area contributed by atoms with Crippen LogP contribution in [0, 0.1) is 5.13 Å². The van der Waals surface area contributed by atoms with E-state index in [0.29, 0.717) is 16.3 Å². The lowest BCUT2D eigenvalue weighted by Crippen LogP contribution is -1.81. The predicted octanol–water partition coefficient (Wildman–Crippen LogP) is 3.60. The number of rotatable bonds is 1. The smallest absolute Gasteiger partial charge is 0.204 e. The van der Waals surface area contributed by atoms with Crippen LogP contribution in [0.3, 0.4) is 0 Å². The van der Waals surface area contributed by atoms with Crippen LogP contribution in [0.2, 0.25) is 5.02 Å². The monoisotopic (exact) mass is 213 g/mol. The SMILES string of the molecule is Fc1scnc1-c1ccccc1Cl. The molecule has 0 radical (unpaired) electrons. The van der Waals surface area contributed by atoms with E-state index in [2.05, 4.69) is 4.98 Å². The molecule has 2 aromatic rings. The minimum atomic E-state index is -0.298. The number of aromatic nitrogens is 1. The summed E-state index contributed by atoms with van der Waals surface area (Å²) in [5.41, 5.74) is 2.44. The van der Waals surface area contributed by atoms with Crippen LogP contribution in [0.4, 0.5) is 4.39 Å². The van der Waals surface area contributed by atoms with Gasteiger partial charge in [0.1, 0.15) is 5.69 Å². The maximum atomic E-state index is 13.1. The molecule has 0 amide bonds. The summed E-state index contributed by atoms with van der Waals surface area (Å²) in [6.45, 7) is 0. The maximum Gasteiger partial charge on any atom is 0.204 e. The van der Waals surface area contributed by atoms with Gasteiger partial charge in [0.05, 0.1) is 10.5 Å². The second kappa shape index (κ2) is 3.44. The molecule has 1 aromatic heterocycles. The summed E-state index contributed by atoms with van der Waals surface area (Å²) in [7, 11) is 0. The maximum absolute atomic E-state index is 13.1. The Labute approximate surface area is 83.8 Å². The highest BCUT2D eigenvalue weighted by Crippen LogP contribution is 2.29. The quantitative estimate of drug-likeness (QED) is 0.705. The molecule has 0 unspecified atom stereocenters. The molecule has 0 N–H and O–H groups in total. The van der Waals surface area contributed by atoms with E-state index in [1.807, 2.05) is 0 Å². The average Bonchev–Trinajstić information content (AvgIpc) is 2.52. The first-order valence-corrected chi connectivity index (χ1v) is 4.88. The molecule has 0 aliphatic carbocycles. The van der Waals surface area contributed by atoms with Crippen molar-refractivity contribution < 1.29 is 4.39 Å². The van der Waals surface area contributed by atoms with Gasteiger partial charge in [-0.3, -0.25) is 0 Å². The Morgan fingerprint density at radius 3 is 2.69 bits per heavy atom. The topological polar surface area (TPSA) is 12.9 Å². The lowest BCUT2D eigenvalue weighted by molar-refractivity contribution is 0.657. The van der Waals surface area contributed by atoms with Gasteiger partial charge < -0.3 is 0 Å². The van der Waals surface area contributed by atoms with Crippen LogP contribution in [-0.2, 0) is 0 Å². The molecule has 0 saturated heterocycles. The van der Waals surface area contributed by atoms with Gasteiger partial charge in [-0.15, -0.1) is 0 Å². The Balaban J connectivity index is 2.59. The Hall–Kier alpha value is -0.930. The molecule has 66 valence electrons. The minimum absolute atomic E-state index is 0.298. The highest BCUT2D eigenvalue weighted by Gasteiger charge is 2.10. The molecule has 0 saturated carbocycles. The lowest BCUT2D eigenvalue weighted by atomic mass is 10.2. The number of hydrogen-bond donors (Lipinski definition) is 0. The second-order valence-electron chi connectivity index (χ2n) is 2.45. The number of nitrogens with zero attached hydrogens (tertiary/aromatic N) is 1. The molecule has 1 aromatic carbocycles. The fourth-order valence-corrected chi connectivity index (χ4v) is 1.81. The van der Waals surface area contributed by atoms with Crippen molar-refractivity contribution in [3.63, 3.8) is 0 Å². The summed E-state index contributed by atoms with van der Waals surface area (Å²) in [4.78, 5) is 3.91. The van der Waals surface area contributed by atoms with E-state index in [1.165, 1.54) is 5.51 Å². The van der Waals surface area contributed by atoms with Crippen LogP contribution in [-0.4, -0.2) is 4.98 Å². The van der Waals surface area contributed by atoms with Crippen molar-refractivity contribution >= 4 is 22.9 Å². The van der Waals surface area contributed by atoms with Crippen LogP contribution in [0.15, 0.2) is 29.8 Å². The molecule has 0 aliphatic heterocycles. The van der Waals surface area contributed by atoms with Gasteiger partial charge in [-0.05, 0) is 6.07 Å². The van der Waals surface area contributed by atoms with Crippen molar-refractivity contribution in [3.05, 3.63) is 39.9 Å². The number of halogens is 2. The molecule has 13 heavy (non-hydrogen) atoms. The summed E-state index contributed by atoms with van der Waals surface area (Å²) in [6, 6.07) is 7.08. The fraction of sp³-hybridized carbons (Fsp3) is 0. The van der Waals surface area contributed by atoms with Crippen molar-refractivity contribution in [1.29, 1.82) is 0 Å². The van der Waals surface area contributed by atoms with Crippen LogP contribution in [0.25, 0.3) is 11.3 Å². The molecule has 0 fully saturated rings. The van der Waals surface area contributed by atoms with Crippen LogP contribution in [0.5, 0.6) is 0 Å². The molecule has 1 nitrogen and oxygen atoms in total. The molecule has 0 bridgehead atoms. The summed E-state index contributed by atoms with van der Waals surface area (Å²) in [6.07, 6.45) is 0. The Kier molecular flexibility index (Phi) is 2.29. The predicted molar refractivity (Wildman–Crippen MR) is 52.5 cm³/mol. The number of benzene rings is 1. The fourth-order valence-electron chi connectivity index (χ4n) is 1.06. The van der Waals surface area contributed by atoms with E-state index in [9.17, 15) is 4.39 Å². The third kappa shape index (κ3) is 1.57. The molecule has 1 heterocycles. The zero-order valence-corrected chi connectivity index (χ0v) is 8.07. The Bertz CT molecular complexity index is 427. The third-order valence-electron chi connectivity index (χ3n) is 1.65. The van der Waals surface area contributed by atoms with Crippen LogP contribution < -0.4 is 0 Å². The lowest BCUT2D eigenvalue weighted by Gasteiger charge is -1.98. The third-order valence-corrected chi connectivity index (χ3v) is 2.59. The van der Waals surface area contributed by atoms with Gasteiger partial charge in [0, 0.05) is 5.56 Å². The molecular weight excluding hydrogens is 209 g/mol. The number of thiazole rings is 1. The normalized spacial score (nSPS) is 10.3. The van der Waals surface area contributed by atoms with Crippen LogP contribution in [0.1, 0.15) is 0 Å². The second-order valence-corrected chi connectivity index (χ2v) is 3.67. The van der Waals surface area contributed by atoms with Crippen LogP contribution >= 0.6 is 22.9 Å². The standard InChI is InChI=1S/C9H5ClFNS/c10-7-4-2-1-3-6(7)8-9(11)13-5-12-8/h1-5H. The first kappa shape index (κ1) is 8.66. The molecule has 0 aliphatic rings. The summed E-state index contributed by atoms with van der Waals surface area (Å²) >= 11 is 6.86. The van der Waals surface area contributed by atoms with E-state index < -0.39 is 0 Å². The van der Waals surface area contributed by atoms with E-state index in [-0.39, 0.29) is 5.13 Å². The summed E-state index contributed by atoms with van der Waals surface area (Å²) < 4.78 is 13.1. The van der Waals surface area contributed by atoms with E-state index in [4.69, 9.17) is 11.6 Å². The highest BCUT2D eigenvalue weighted by molar-refractivity contribution is 7.08. The first-order valence-electron chi connectivity index (χ1n) is 3.63. The van der Waals surface area contributed by atoms with Crippen molar-refractivity contribution in [2.75, 3.05) is 0 Å². The Morgan fingerprint density at radius 2 is 2.08 bits per heavy atom. The molecular formula is C9H5ClFNS. The van der Waals surface area contributed by atoms with Gasteiger partial charge in [0.15, 0.2) is 0 Å². The number of hydrogen-bond acceptors (Lipinski definition) is 2.